The lowest BCUT2D eigenvalue weighted by Crippen LogP contribution is -2.17. The first kappa shape index (κ1) is 12.3. The molecule has 0 unspecified atom stereocenters. The third-order valence-corrected chi connectivity index (χ3v) is 3.97. The van der Waals surface area contributed by atoms with E-state index in [1.54, 1.807) is 0 Å². The number of carbonyl (C=O) groups excluding carboxylic acids is 1. The van der Waals surface area contributed by atoms with E-state index in [1.165, 1.54) is 28.5 Å². The minimum Gasteiger partial charge on any atom is -0.307 e. The first-order valence-corrected chi connectivity index (χ1v) is 6.52. The zero-order valence-electron chi connectivity index (χ0n) is 9.96. The van der Waals surface area contributed by atoms with Crippen LogP contribution in [0.25, 0.3) is 6.08 Å². The highest BCUT2D eigenvalue weighted by molar-refractivity contribution is 8.26. The number of aryl methyl sites for hydroxylation is 3. The van der Waals surface area contributed by atoms with Crippen molar-refractivity contribution in [1.82, 2.24) is 5.32 Å². The third kappa shape index (κ3) is 2.58. The Morgan fingerprint density at radius 1 is 1.18 bits per heavy atom. The van der Waals surface area contributed by atoms with E-state index in [2.05, 4.69) is 38.2 Å². The molecule has 0 atom stereocenters. The molecular weight excluding hydrogens is 250 g/mol. The predicted octanol–water partition coefficient (Wildman–Crippen LogP) is 3.10. The van der Waals surface area contributed by atoms with Gasteiger partial charge >= 0.3 is 0 Å². The Morgan fingerprint density at radius 3 is 2.41 bits per heavy atom. The maximum atomic E-state index is 11.6. The Morgan fingerprint density at radius 2 is 1.82 bits per heavy atom. The van der Waals surface area contributed by atoms with E-state index in [0.717, 1.165) is 5.56 Å². The minimum atomic E-state index is -0.0994. The van der Waals surface area contributed by atoms with Crippen LogP contribution in [0.4, 0.5) is 0 Å². The first-order valence-electron chi connectivity index (χ1n) is 5.30. The number of benzene rings is 1. The van der Waals surface area contributed by atoms with Gasteiger partial charge in [-0.1, -0.05) is 36.1 Å². The summed E-state index contributed by atoms with van der Waals surface area (Å²) in [6, 6.07) is 4.24. The van der Waals surface area contributed by atoms with Gasteiger partial charge in [0.2, 0.25) is 0 Å². The average Bonchev–Trinajstić information content (AvgIpc) is 2.54. The molecule has 2 rings (SSSR count). The van der Waals surface area contributed by atoms with Gasteiger partial charge < -0.3 is 5.32 Å². The van der Waals surface area contributed by atoms with Gasteiger partial charge in [-0.2, -0.15) is 0 Å². The maximum Gasteiger partial charge on any atom is 0.263 e. The summed E-state index contributed by atoms with van der Waals surface area (Å²) >= 11 is 6.28. The summed E-state index contributed by atoms with van der Waals surface area (Å²) in [5, 5.41) is 2.62. The topological polar surface area (TPSA) is 29.1 Å². The molecule has 1 fully saturated rings. The fourth-order valence-corrected chi connectivity index (χ4v) is 2.74. The molecule has 0 saturated carbocycles. The third-order valence-electron chi connectivity index (χ3n) is 2.81. The minimum absolute atomic E-state index is 0.0994. The van der Waals surface area contributed by atoms with Crippen LogP contribution in [0.2, 0.25) is 0 Å². The van der Waals surface area contributed by atoms with Crippen LogP contribution in [0.15, 0.2) is 17.0 Å². The monoisotopic (exact) mass is 263 g/mol. The zero-order chi connectivity index (χ0) is 12.6. The number of hydrogen-bond donors (Lipinski definition) is 1. The largest absolute Gasteiger partial charge is 0.307 e. The quantitative estimate of drug-likeness (QED) is 0.623. The molecule has 4 heteroatoms. The van der Waals surface area contributed by atoms with E-state index in [-0.39, 0.29) is 5.91 Å². The molecule has 1 amide bonds. The highest BCUT2D eigenvalue weighted by atomic mass is 32.2. The van der Waals surface area contributed by atoms with Crippen LogP contribution in [0.5, 0.6) is 0 Å². The number of rotatable bonds is 1. The molecule has 1 aromatic rings. The molecule has 1 aliphatic rings. The molecule has 0 bridgehead atoms. The van der Waals surface area contributed by atoms with E-state index in [1.807, 2.05) is 6.08 Å². The van der Waals surface area contributed by atoms with Crippen molar-refractivity contribution in [2.24, 2.45) is 0 Å². The fourth-order valence-electron chi connectivity index (χ4n) is 1.70. The van der Waals surface area contributed by atoms with Crippen LogP contribution >= 0.6 is 24.0 Å². The fraction of sp³-hybridized carbons (Fsp3) is 0.231. The van der Waals surface area contributed by atoms with Crippen LogP contribution in [0, 0.1) is 20.8 Å². The van der Waals surface area contributed by atoms with Gasteiger partial charge in [-0.3, -0.25) is 4.79 Å². The van der Waals surface area contributed by atoms with Gasteiger partial charge in [0.15, 0.2) is 0 Å². The number of thiocarbonyl (C=S) groups is 1. The Labute approximate surface area is 110 Å². The number of hydrogen-bond acceptors (Lipinski definition) is 3. The van der Waals surface area contributed by atoms with Crippen molar-refractivity contribution in [3.05, 3.63) is 39.3 Å². The molecule has 1 heterocycles. The molecule has 1 N–H and O–H groups in total. The summed E-state index contributed by atoms with van der Waals surface area (Å²) in [4.78, 5) is 12.2. The molecule has 0 aliphatic carbocycles. The van der Waals surface area contributed by atoms with Gasteiger partial charge in [0, 0.05) is 0 Å². The standard InChI is InChI=1S/C13H13NOS2/c1-7-4-9(3)10(5-8(7)2)6-11-12(15)14-13(16)17-11/h4-6H,1-3H3,(H,14,15,16)/b11-6+. The highest BCUT2D eigenvalue weighted by Gasteiger charge is 2.22. The number of nitrogens with one attached hydrogen (secondary N) is 1. The van der Waals surface area contributed by atoms with Crippen molar-refractivity contribution >= 4 is 40.3 Å². The van der Waals surface area contributed by atoms with Gasteiger partial charge in [0.25, 0.3) is 5.91 Å². The first-order chi connectivity index (χ1) is 7.97. The average molecular weight is 263 g/mol. The maximum absolute atomic E-state index is 11.6. The zero-order valence-corrected chi connectivity index (χ0v) is 11.6. The summed E-state index contributed by atoms with van der Waals surface area (Å²) in [5.74, 6) is -0.0994. The van der Waals surface area contributed by atoms with Crippen LogP contribution < -0.4 is 5.32 Å². The predicted molar refractivity (Wildman–Crippen MR) is 77.0 cm³/mol. The summed E-state index contributed by atoms with van der Waals surface area (Å²) < 4.78 is 0.530. The molecule has 17 heavy (non-hydrogen) atoms. The van der Waals surface area contributed by atoms with Crippen LogP contribution in [-0.2, 0) is 4.79 Å². The molecular formula is C13H13NOS2. The Balaban J connectivity index is 2.42. The number of thioether (sulfide) groups is 1. The van der Waals surface area contributed by atoms with E-state index >= 15 is 0 Å². The SMILES string of the molecule is Cc1cc(C)c(/C=C2/SC(=S)NC2=O)cc1C. The van der Waals surface area contributed by atoms with Crippen LogP contribution in [0.1, 0.15) is 22.3 Å². The molecule has 1 aliphatic heterocycles. The smallest absolute Gasteiger partial charge is 0.263 e. The van der Waals surface area contributed by atoms with Crippen LogP contribution in [0.3, 0.4) is 0 Å². The normalized spacial score (nSPS) is 17.7. The summed E-state index contributed by atoms with van der Waals surface area (Å²) in [5.41, 5.74) is 4.75. The van der Waals surface area contributed by atoms with Crippen molar-refractivity contribution in [3.63, 3.8) is 0 Å². The molecule has 0 aromatic heterocycles. The molecule has 0 spiro atoms. The summed E-state index contributed by atoms with van der Waals surface area (Å²) in [7, 11) is 0. The van der Waals surface area contributed by atoms with Crippen molar-refractivity contribution < 1.29 is 4.79 Å². The van der Waals surface area contributed by atoms with Gasteiger partial charge in [-0.05, 0) is 49.1 Å². The van der Waals surface area contributed by atoms with Crippen molar-refractivity contribution in [1.29, 1.82) is 0 Å². The van der Waals surface area contributed by atoms with Gasteiger partial charge in [0.05, 0.1) is 4.91 Å². The van der Waals surface area contributed by atoms with E-state index in [0.29, 0.717) is 9.23 Å². The van der Waals surface area contributed by atoms with E-state index < -0.39 is 0 Å². The van der Waals surface area contributed by atoms with Crippen LogP contribution in [-0.4, -0.2) is 10.2 Å². The van der Waals surface area contributed by atoms with Crippen molar-refractivity contribution in [2.75, 3.05) is 0 Å². The second-order valence-electron chi connectivity index (χ2n) is 4.15. The van der Waals surface area contributed by atoms with E-state index in [4.69, 9.17) is 12.2 Å². The van der Waals surface area contributed by atoms with Crippen molar-refractivity contribution in [3.8, 4) is 0 Å². The van der Waals surface area contributed by atoms with E-state index in [9.17, 15) is 4.79 Å². The molecule has 88 valence electrons. The second kappa shape index (κ2) is 4.63. The Bertz CT molecular complexity index is 547. The van der Waals surface area contributed by atoms with Gasteiger partial charge in [-0.25, -0.2) is 0 Å². The summed E-state index contributed by atoms with van der Waals surface area (Å²) in [6.07, 6.45) is 1.90. The van der Waals surface area contributed by atoms with Gasteiger partial charge in [0.1, 0.15) is 4.32 Å². The number of amides is 1. The van der Waals surface area contributed by atoms with Gasteiger partial charge in [-0.15, -0.1) is 0 Å². The molecule has 1 aromatic carbocycles. The van der Waals surface area contributed by atoms with Crippen molar-refractivity contribution in [2.45, 2.75) is 20.8 Å². The lowest BCUT2D eigenvalue weighted by atomic mass is 10.0. The highest BCUT2D eigenvalue weighted by Crippen LogP contribution is 2.27. The Kier molecular flexibility index (Phi) is 3.35. The lowest BCUT2D eigenvalue weighted by Gasteiger charge is -2.06. The summed E-state index contributed by atoms with van der Waals surface area (Å²) in [6.45, 7) is 6.21. The number of carbonyl (C=O) groups is 1. The molecule has 1 saturated heterocycles. The Hall–Kier alpha value is -1.13. The molecule has 0 radical (unpaired) electrons. The molecule has 2 nitrogen and oxygen atoms in total. The lowest BCUT2D eigenvalue weighted by molar-refractivity contribution is -0.115. The second-order valence-corrected chi connectivity index (χ2v) is 5.86.